The average molecular weight is 300 g/mol. The van der Waals surface area contributed by atoms with Gasteiger partial charge < -0.3 is 15.2 Å². The van der Waals surface area contributed by atoms with Crippen molar-refractivity contribution in [3.8, 4) is 5.75 Å². The van der Waals surface area contributed by atoms with Crippen molar-refractivity contribution in [3.05, 3.63) is 29.3 Å². The Kier molecular flexibility index (Phi) is 6.31. The number of halogens is 1. The van der Waals surface area contributed by atoms with Gasteiger partial charge in [0.2, 0.25) is 0 Å². The molecule has 1 aromatic carbocycles. The van der Waals surface area contributed by atoms with Crippen LogP contribution in [0.25, 0.3) is 0 Å². The number of aliphatic carboxylic acids is 1. The van der Waals surface area contributed by atoms with Gasteiger partial charge in [0.1, 0.15) is 11.8 Å². The first-order valence-corrected chi connectivity index (χ1v) is 6.72. The molecule has 0 aliphatic heterocycles. The molecule has 0 spiro atoms. The third-order valence-corrected chi connectivity index (χ3v) is 3.23. The predicted octanol–water partition coefficient (Wildman–Crippen LogP) is 2.33. The van der Waals surface area contributed by atoms with Crippen LogP contribution in [0, 0.1) is 5.92 Å². The number of carboxylic acid groups (broad SMARTS) is 1. The number of ether oxygens (including phenoxy) is 1. The smallest absolute Gasteiger partial charge is 0.326 e. The van der Waals surface area contributed by atoms with Crippen LogP contribution in [0.5, 0.6) is 5.75 Å². The van der Waals surface area contributed by atoms with Crippen LogP contribution < -0.4 is 10.1 Å². The second-order valence-corrected chi connectivity index (χ2v) is 4.95. The molecule has 0 bridgehead atoms. The van der Waals surface area contributed by atoms with E-state index in [4.69, 9.17) is 21.4 Å². The molecule has 20 heavy (non-hydrogen) atoms. The number of carboxylic acids is 1. The lowest BCUT2D eigenvalue weighted by molar-refractivity contribution is -0.143. The molecule has 5 nitrogen and oxygen atoms in total. The van der Waals surface area contributed by atoms with E-state index in [0.717, 1.165) is 0 Å². The topological polar surface area (TPSA) is 75.6 Å². The highest BCUT2D eigenvalue weighted by molar-refractivity contribution is 6.30. The molecule has 2 N–H and O–H groups in total. The SMILES string of the molecule is CCC(C)[C@H](NC(=O)COc1ccc(Cl)cc1)C(=O)O. The number of rotatable bonds is 7. The van der Waals surface area contributed by atoms with Crippen molar-refractivity contribution in [2.24, 2.45) is 5.92 Å². The molecule has 1 rings (SSSR count). The van der Waals surface area contributed by atoms with Crippen LogP contribution in [0.4, 0.5) is 0 Å². The van der Waals surface area contributed by atoms with Crippen LogP contribution in [0.2, 0.25) is 5.02 Å². The largest absolute Gasteiger partial charge is 0.484 e. The standard InChI is InChI=1S/C14H18ClNO4/c1-3-9(2)13(14(18)19)16-12(17)8-20-11-6-4-10(15)5-7-11/h4-7,9,13H,3,8H2,1-2H3,(H,16,17)(H,18,19)/t9?,13-/m0/s1. The van der Waals surface area contributed by atoms with Gasteiger partial charge >= 0.3 is 5.97 Å². The van der Waals surface area contributed by atoms with Gasteiger partial charge in [0.25, 0.3) is 5.91 Å². The van der Waals surface area contributed by atoms with Crippen molar-refractivity contribution in [2.75, 3.05) is 6.61 Å². The van der Waals surface area contributed by atoms with E-state index in [1.165, 1.54) is 0 Å². The molecule has 0 radical (unpaired) electrons. The van der Waals surface area contributed by atoms with E-state index in [-0.39, 0.29) is 12.5 Å². The summed E-state index contributed by atoms with van der Waals surface area (Å²) in [7, 11) is 0. The summed E-state index contributed by atoms with van der Waals surface area (Å²) in [6.07, 6.45) is 0.662. The van der Waals surface area contributed by atoms with Crippen molar-refractivity contribution in [1.29, 1.82) is 0 Å². The summed E-state index contributed by atoms with van der Waals surface area (Å²) in [6, 6.07) is 5.67. The third kappa shape index (κ3) is 5.09. The molecule has 0 aliphatic carbocycles. The van der Waals surface area contributed by atoms with Crippen LogP contribution in [0.1, 0.15) is 20.3 Å². The summed E-state index contributed by atoms with van der Waals surface area (Å²) in [5, 5.41) is 12.1. The van der Waals surface area contributed by atoms with Crippen molar-refractivity contribution >= 4 is 23.5 Å². The van der Waals surface area contributed by atoms with Crippen LogP contribution in [-0.4, -0.2) is 29.6 Å². The molecule has 2 atom stereocenters. The van der Waals surface area contributed by atoms with Crippen molar-refractivity contribution in [1.82, 2.24) is 5.32 Å². The molecule has 6 heteroatoms. The summed E-state index contributed by atoms with van der Waals surface area (Å²) in [6.45, 7) is 3.41. The van der Waals surface area contributed by atoms with Crippen LogP contribution in [0.3, 0.4) is 0 Å². The molecule has 1 unspecified atom stereocenters. The monoisotopic (exact) mass is 299 g/mol. The maximum atomic E-state index is 11.7. The number of hydrogen-bond acceptors (Lipinski definition) is 3. The molecule has 0 heterocycles. The highest BCUT2D eigenvalue weighted by Gasteiger charge is 2.25. The van der Waals surface area contributed by atoms with Crippen LogP contribution in [0.15, 0.2) is 24.3 Å². The molecule has 1 amide bonds. The molecular formula is C14H18ClNO4. The number of carbonyl (C=O) groups excluding carboxylic acids is 1. The van der Waals surface area contributed by atoms with Gasteiger partial charge in [-0.15, -0.1) is 0 Å². The molecule has 0 saturated heterocycles. The average Bonchev–Trinajstić information content (AvgIpc) is 2.43. The summed E-state index contributed by atoms with van der Waals surface area (Å²) in [5.74, 6) is -1.15. The minimum absolute atomic E-state index is 0.146. The Morgan fingerprint density at radius 2 is 1.95 bits per heavy atom. The Morgan fingerprint density at radius 1 is 1.35 bits per heavy atom. The van der Waals surface area contributed by atoms with E-state index < -0.39 is 17.9 Å². The van der Waals surface area contributed by atoms with Gasteiger partial charge in [0.15, 0.2) is 6.61 Å². The lowest BCUT2D eigenvalue weighted by atomic mass is 9.99. The summed E-state index contributed by atoms with van der Waals surface area (Å²) in [4.78, 5) is 22.8. The van der Waals surface area contributed by atoms with E-state index in [2.05, 4.69) is 5.32 Å². The van der Waals surface area contributed by atoms with Gasteiger partial charge in [-0.05, 0) is 30.2 Å². The van der Waals surface area contributed by atoms with E-state index in [9.17, 15) is 9.59 Å². The summed E-state index contributed by atoms with van der Waals surface area (Å²) >= 11 is 5.73. The van der Waals surface area contributed by atoms with E-state index in [1.54, 1.807) is 31.2 Å². The van der Waals surface area contributed by atoms with E-state index >= 15 is 0 Å². The zero-order valence-corrected chi connectivity index (χ0v) is 12.2. The maximum Gasteiger partial charge on any atom is 0.326 e. The van der Waals surface area contributed by atoms with Crippen molar-refractivity contribution < 1.29 is 19.4 Å². The Hall–Kier alpha value is -1.75. The first-order chi connectivity index (χ1) is 9.43. The van der Waals surface area contributed by atoms with Gasteiger partial charge in [-0.25, -0.2) is 4.79 Å². The molecule has 110 valence electrons. The highest BCUT2D eigenvalue weighted by atomic mass is 35.5. The first-order valence-electron chi connectivity index (χ1n) is 6.34. The lowest BCUT2D eigenvalue weighted by Gasteiger charge is -2.20. The number of benzene rings is 1. The first kappa shape index (κ1) is 16.3. The minimum Gasteiger partial charge on any atom is -0.484 e. The predicted molar refractivity (Wildman–Crippen MR) is 76.0 cm³/mol. The Balaban J connectivity index is 2.49. The number of hydrogen-bond donors (Lipinski definition) is 2. The molecular weight excluding hydrogens is 282 g/mol. The zero-order chi connectivity index (χ0) is 15.1. The highest BCUT2D eigenvalue weighted by Crippen LogP contribution is 2.15. The fraction of sp³-hybridized carbons (Fsp3) is 0.429. The summed E-state index contributed by atoms with van der Waals surface area (Å²) in [5.41, 5.74) is 0. The molecule has 1 aromatic rings. The lowest BCUT2D eigenvalue weighted by Crippen LogP contribution is -2.46. The third-order valence-electron chi connectivity index (χ3n) is 2.98. The van der Waals surface area contributed by atoms with Gasteiger partial charge in [-0.2, -0.15) is 0 Å². The number of carbonyl (C=O) groups is 2. The maximum absolute atomic E-state index is 11.7. The second-order valence-electron chi connectivity index (χ2n) is 4.51. The fourth-order valence-electron chi connectivity index (χ4n) is 1.58. The number of nitrogens with one attached hydrogen (secondary N) is 1. The Labute approximate surface area is 122 Å². The fourth-order valence-corrected chi connectivity index (χ4v) is 1.70. The van der Waals surface area contributed by atoms with Crippen molar-refractivity contribution in [3.63, 3.8) is 0 Å². The molecule has 0 fully saturated rings. The molecule has 0 saturated carbocycles. The normalized spacial score (nSPS) is 13.3. The zero-order valence-electron chi connectivity index (χ0n) is 11.4. The second kappa shape index (κ2) is 7.75. The van der Waals surface area contributed by atoms with Gasteiger partial charge in [0.05, 0.1) is 0 Å². The van der Waals surface area contributed by atoms with Gasteiger partial charge in [-0.3, -0.25) is 4.79 Å². The van der Waals surface area contributed by atoms with Crippen LogP contribution in [-0.2, 0) is 9.59 Å². The van der Waals surface area contributed by atoms with Gasteiger partial charge in [0, 0.05) is 5.02 Å². The Bertz CT molecular complexity index is 461. The summed E-state index contributed by atoms with van der Waals surface area (Å²) < 4.78 is 5.25. The quantitative estimate of drug-likeness (QED) is 0.810. The van der Waals surface area contributed by atoms with E-state index in [1.807, 2.05) is 6.92 Å². The minimum atomic E-state index is -1.04. The molecule has 0 aromatic heterocycles. The van der Waals surface area contributed by atoms with Gasteiger partial charge in [-0.1, -0.05) is 31.9 Å². The molecule has 0 aliphatic rings. The van der Waals surface area contributed by atoms with Crippen molar-refractivity contribution in [2.45, 2.75) is 26.3 Å². The Morgan fingerprint density at radius 3 is 2.45 bits per heavy atom. The van der Waals surface area contributed by atoms with E-state index in [0.29, 0.717) is 17.2 Å². The van der Waals surface area contributed by atoms with Crippen LogP contribution >= 0.6 is 11.6 Å². The number of amides is 1.